The fourth-order valence-corrected chi connectivity index (χ4v) is 4.58. The number of carbonyl (C=O) groups excluding carboxylic acids is 1. The van der Waals surface area contributed by atoms with Gasteiger partial charge >= 0.3 is 0 Å². The molecule has 0 aliphatic carbocycles. The number of likely N-dealkylation sites (tertiary alicyclic amines) is 1. The van der Waals surface area contributed by atoms with Crippen LogP contribution in [0.5, 0.6) is 5.88 Å². The van der Waals surface area contributed by atoms with Gasteiger partial charge in [-0.2, -0.15) is 0 Å². The number of nitrogens with zero attached hydrogens (tertiary/aromatic N) is 3. The van der Waals surface area contributed by atoms with E-state index >= 15 is 0 Å². The SMILES string of the molecule is Cc1ccc(C=O)cc1N(C)CCN1CCC(c2cccc(OCc3ccc(Cl)cc3)n2)CC1. The molecule has 0 amide bonds. The average molecular weight is 478 g/mol. The number of hydrogen-bond acceptors (Lipinski definition) is 5. The lowest BCUT2D eigenvalue weighted by Crippen LogP contribution is -2.38. The smallest absolute Gasteiger partial charge is 0.213 e. The first-order valence-corrected chi connectivity index (χ1v) is 12.2. The van der Waals surface area contributed by atoms with Crippen LogP contribution in [0, 0.1) is 6.92 Å². The van der Waals surface area contributed by atoms with Crippen molar-refractivity contribution in [2.45, 2.75) is 32.3 Å². The maximum atomic E-state index is 11.1. The molecular formula is C28H32ClN3O2. The molecule has 4 rings (SSSR count). The van der Waals surface area contributed by atoms with Crippen molar-refractivity contribution in [1.29, 1.82) is 0 Å². The molecule has 6 heteroatoms. The third-order valence-corrected chi connectivity index (χ3v) is 6.84. The van der Waals surface area contributed by atoms with E-state index in [1.165, 1.54) is 5.56 Å². The Bertz CT molecular complexity index is 1100. The number of anilines is 1. The normalized spacial score (nSPS) is 14.7. The number of aldehydes is 1. The molecule has 2 heterocycles. The van der Waals surface area contributed by atoms with Crippen LogP contribution in [0.3, 0.4) is 0 Å². The van der Waals surface area contributed by atoms with Crippen molar-refractivity contribution in [1.82, 2.24) is 9.88 Å². The van der Waals surface area contributed by atoms with E-state index in [0.29, 0.717) is 18.4 Å². The maximum absolute atomic E-state index is 11.1. The molecule has 0 bridgehead atoms. The predicted octanol–water partition coefficient (Wildman–Crippen LogP) is 5.75. The van der Waals surface area contributed by atoms with Crippen molar-refractivity contribution in [2.24, 2.45) is 0 Å². The predicted molar refractivity (Wildman–Crippen MR) is 138 cm³/mol. The van der Waals surface area contributed by atoms with Gasteiger partial charge in [-0.1, -0.05) is 41.9 Å². The summed E-state index contributed by atoms with van der Waals surface area (Å²) in [6.45, 7) is 6.62. The Morgan fingerprint density at radius 2 is 1.88 bits per heavy atom. The summed E-state index contributed by atoms with van der Waals surface area (Å²) >= 11 is 5.96. The second kappa shape index (κ2) is 11.5. The largest absolute Gasteiger partial charge is 0.473 e. The van der Waals surface area contributed by atoms with Crippen LogP contribution < -0.4 is 9.64 Å². The second-order valence-electron chi connectivity index (χ2n) is 9.02. The Morgan fingerprint density at radius 3 is 2.62 bits per heavy atom. The number of pyridine rings is 1. The number of benzene rings is 2. The molecule has 0 unspecified atom stereocenters. The second-order valence-corrected chi connectivity index (χ2v) is 9.45. The Balaban J connectivity index is 1.26. The van der Waals surface area contributed by atoms with E-state index in [0.717, 1.165) is 72.8 Å². The van der Waals surface area contributed by atoms with Crippen molar-refractivity contribution in [3.63, 3.8) is 0 Å². The summed E-state index contributed by atoms with van der Waals surface area (Å²) < 4.78 is 5.93. The van der Waals surface area contributed by atoms with Gasteiger partial charge in [-0.3, -0.25) is 4.79 Å². The van der Waals surface area contributed by atoms with Crippen molar-refractivity contribution in [3.8, 4) is 5.88 Å². The van der Waals surface area contributed by atoms with Crippen LogP contribution in [0.15, 0.2) is 60.7 Å². The topological polar surface area (TPSA) is 45.7 Å². The van der Waals surface area contributed by atoms with Gasteiger partial charge in [0.15, 0.2) is 0 Å². The molecule has 0 saturated carbocycles. The minimum Gasteiger partial charge on any atom is -0.473 e. The highest BCUT2D eigenvalue weighted by Gasteiger charge is 2.22. The summed E-state index contributed by atoms with van der Waals surface area (Å²) in [6.07, 6.45) is 3.10. The first kappa shape index (κ1) is 24.2. The molecule has 34 heavy (non-hydrogen) atoms. The quantitative estimate of drug-likeness (QED) is 0.367. The number of aromatic nitrogens is 1. The first-order valence-electron chi connectivity index (χ1n) is 11.9. The van der Waals surface area contributed by atoms with Gasteiger partial charge < -0.3 is 14.5 Å². The summed E-state index contributed by atoms with van der Waals surface area (Å²) in [5.74, 6) is 1.13. The van der Waals surface area contributed by atoms with Gasteiger partial charge in [-0.05, 0) is 68.2 Å². The summed E-state index contributed by atoms with van der Waals surface area (Å²) in [6, 6.07) is 19.6. The highest BCUT2D eigenvalue weighted by molar-refractivity contribution is 6.30. The molecule has 3 aromatic rings. The molecule has 0 radical (unpaired) electrons. The molecule has 1 aliphatic heterocycles. The minimum atomic E-state index is 0.458. The van der Waals surface area contributed by atoms with Crippen molar-refractivity contribution < 1.29 is 9.53 Å². The first-order chi connectivity index (χ1) is 16.5. The molecule has 0 atom stereocenters. The summed E-state index contributed by atoms with van der Waals surface area (Å²) in [4.78, 5) is 20.7. The fraction of sp³-hybridized carbons (Fsp3) is 0.357. The summed E-state index contributed by atoms with van der Waals surface area (Å²) in [7, 11) is 2.10. The Kier molecular flexibility index (Phi) is 8.20. The molecular weight excluding hydrogens is 446 g/mol. The number of likely N-dealkylation sites (N-methyl/N-ethyl adjacent to an activating group) is 1. The van der Waals surface area contributed by atoms with Gasteiger partial charge in [0, 0.05) is 54.1 Å². The zero-order valence-electron chi connectivity index (χ0n) is 19.9. The van der Waals surface area contributed by atoms with Crippen LogP contribution in [0.2, 0.25) is 5.02 Å². The van der Waals surface area contributed by atoms with E-state index < -0.39 is 0 Å². The minimum absolute atomic E-state index is 0.458. The lowest BCUT2D eigenvalue weighted by molar-refractivity contribution is 0.112. The lowest BCUT2D eigenvalue weighted by atomic mass is 9.93. The highest BCUT2D eigenvalue weighted by Crippen LogP contribution is 2.28. The van der Waals surface area contributed by atoms with E-state index in [1.54, 1.807) is 0 Å². The lowest BCUT2D eigenvalue weighted by Gasteiger charge is -2.33. The van der Waals surface area contributed by atoms with Crippen molar-refractivity contribution in [3.05, 3.63) is 88.1 Å². The van der Waals surface area contributed by atoms with Crippen LogP contribution in [0.25, 0.3) is 0 Å². The zero-order valence-corrected chi connectivity index (χ0v) is 20.7. The van der Waals surface area contributed by atoms with E-state index in [4.69, 9.17) is 21.3 Å². The van der Waals surface area contributed by atoms with Gasteiger partial charge in [0.25, 0.3) is 0 Å². The molecule has 1 aromatic heterocycles. The number of ether oxygens (including phenoxy) is 1. The number of aryl methyl sites for hydroxylation is 1. The number of hydrogen-bond donors (Lipinski definition) is 0. The van der Waals surface area contributed by atoms with E-state index in [9.17, 15) is 4.79 Å². The van der Waals surface area contributed by atoms with Gasteiger partial charge in [0.1, 0.15) is 12.9 Å². The standard InChI is InChI=1S/C28H32ClN3O2/c1-21-6-7-23(19-33)18-27(21)31(2)16-17-32-14-12-24(13-15-32)26-4-3-5-28(30-26)34-20-22-8-10-25(29)11-9-22/h3-11,18-19,24H,12-17,20H2,1-2H3. The van der Waals surface area contributed by atoms with E-state index in [-0.39, 0.29) is 0 Å². The molecule has 1 aliphatic rings. The Morgan fingerprint density at radius 1 is 1.12 bits per heavy atom. The molecule has 0 N–H and O–H groups in total. The van der Waals surface area contributed by atoms with E-state index in [1.807, 2.05) is 54.6 Å². The zero-order chi connectivity index (χ0) is 23.9. The van der Waals surface area contributed by atoms with Crippen LogP contribution >= 0.6 is 11.6 Å². The third-order valence-electron chi connectivity index (χ3n) is 6.58. The number of halogens is 1. The average Bonchev–Trinajstić information content (AvgIpc) is 2.88. The molecule has 178 valence electrons. The summed E-state index contributed by atoms with van der Waals surface area (Å²) in [5.41, 5.74) is 5.23. The van der Waals surface area contributed by atoms with Gasteiger partial charge in [0.2, 0.25) is 5.88 Å². The molecule has 5 nitrogen and oxygen atoms in total. The Hall–Kier alpha value is -2.89. The van der Waals surface area contributed by atoms with Crippen molar-refractivity contribution >= 4 is 23.6 Å². The Labute approximate surface area is 207 Å². The van der Waals surface area contributed by atoms with Gasteiger partial charge in [-0.25, -0.2) is 4.98 Å². The molecule has 2 aromatic carbocycles. The number of carbonyl (C=O) groups is 1. The fourth-order valence-electron chi connectivity index (χ4n) is 4.45. The van der Waals surface area contributed by atoms with Crippen molar-refractivity contribution in [2.75, 3.05) is 38.1 Å². The molecule has 1 fully saturated rings. The summed E-state index contributed by atoms with van der Waals surface area (Å²) in [5, 5.41) is 0.726. The number of rotatable bonds is 9. The van der Waals surface area contributed by atoms with Crippen LogP contribution in [0.4, 0.5) is 5.69 Å². The van der Waals surface area contributed by atoms with Gasteiger partial charge in [0.05, 0.1) is 0 Å². The highest BCUT2D eigenvalue weighted by atomic mass is 35.5. The molecule has 0 spiro atoms. The monoisotopic (exact) mass is 477 g/mol. The van der Waals surface area contributed by atoms with Gasteiger partial charge in [-0.15, -0.1) is 0 Å². The molecule has 1 saturated heterocycles. The maximum Gasteiger partial charge on any atom is 0.213 e. The third kappa shape index (κ3) is 6.37. The number of piperidine rings is 1. The van der Waals surface area contributed by atoms with Crippen LogP contribution in [0.1, 0.15) is 45.9 Å². The van der Waals surface area contributed by atoms with Crippen LogP contribution in [-0.2, 0) is 6.61 Å². The van der Waals surface area contributed by atoms with Crippen LogP contribution in [-0.4, -0.2) is 49.4 Å². The van der Waals surface area contributed by atoms with E-state index in [2.05, 4.69) is 29.8 Å².